The molecule has 3 aromatic rings. The summed E-state index contributed by atoms with van der Waals surface area (Å²) in [4.78, 5) is 64.1. The van der Waals surface area contributed by atoms with Gasteiger partial charge in [0.05, 0.1) is 42.2 Å². The van der Waals surface area contributed by atoms with E-state index in [1.807, 2.05) is 51.1 Å². The van der Waals surface area contributed by atoms with Crippen LogP contribution in [-0.4, -0.2) is 91.1 Å². The van der Waals surface area contributed by atoms with Crippen LogP contribution >= 0.6 is 0 Å². The first kappa shape index (κ1) is 42.6. The molecule has 2 aliphatic heterocycles. The minimum atomic E-state index is -6.07. The van der Waals surface area contributed by atoms with E-state index in [2.05, 4.69) is 6.58 Å². The number of Topliss-reactive ketones (excluding diaryl/α,β-unsaturated/α-hetero) is 1. The molecule has 12 nitrogen and oxygen atoms in total. The molecule has 1 aromatic heterocycles. The number of piperidine rings is 1. The Balaban J connectivity index is 1.35. The second-order valence-electron chi connectivity index (χ2n) is 16.5. The number of ether oxygens (including phenoxy) is 2. The molecule has 2 aromatic carbocycles. The van der Waals surface area contributed by atoms with Gasteiger partial charge in [-0.25, -0.2) is 9.71 Å². The van der Waals surface area contributed by atoms with Gasteiger partial charge in [-0.05, 0) is 49.1 Å². The molecule has 3 heterocycles. The SMILES string of the molecule is C=C[C@@H]1C[C@]1(CC(=O)[C@@H]1C[C@@H](Oc2cc(-c3ccccc3)nc3cc(OC)ccc23)CN1C(=O)[C@@H](CC(=O)N1CCCCC1)C(C)(C)C)C(=O)NS(=O)(=O)C(F)(F)F. The van der Waals surface area contributed by atoms with Gasteiger partial charge in [0, 0.05) is 55.4 Å². The largest absolute Gasteiger partial charge is 0.516 e. The summed E-state index contributed by atoms with van der Waals surface area (Å²) in [5, 5.41) is 0.626. The standard InChI is InChI=1S/C42H49F3N4O8S/c1-6-27-23-41(27,39(53)47-58(54,55)42(43,44)45)24-35(50)34-20-29(25-49(34)38(52)31(40(2,3)4)21-37(51)48-17-11-8-12-18-48)57-36-22-32(26-13-9-7-10-14-26)46-33-19-28(56-5)15-16-30(33)36/h6-7,9-10,13-16,19,22,27,29,31,34H,1,8,11-12,17-18,20-21,23-25H2,2-5H3,(H,47,53)/t27-,29-,31-,34+,41-/m1/s1. The Morgan fingerprint density at radius 1 is 1.03 bits per heavy atom. The molecule has 1 N–H and O–H groups in total. The molecule has 3 fully saturated rings. The number of nitrogens with zero attached hydrogens (tertiary/aromatic N) is 3. The maximum absolute atomic E-state index is 14.8. The summed E-state index contributed by atoms with van der Waals surface area (Å²) in [6, 6.07) is 15.2. The molecule has 1 saturated carbocycles. The average molecular weight is 827 g/mol. The Labute approximate surface area is 336 Å². The molecule has 312 valence electrons. The van der Waals surface area contributed by atoms with Crippen molar-refractivity contribution in [1.29, 1.82) is 0 Å². The van der Waals surface area contributed by atoms with E-state index in [1.165, 1.54) is 18.1 Å². The predicted molar refractivity (Wildman–Crippen MR) is 210 cm³/mol. The molecule has 6 rings (SSSR count). The van der Waals surface area contributed by atoms with Crippen molar-refractivity contribution < 1.29 is 50.2 Å². The third kappa shape index (κ3) is 8.86. The van der Waals surface area contributed by atoms with E-state index in [0.717, 1.165) is 29.5 Å². The summed E-state index contributed by atoms with van der Waals surface area (Å²) in [5.41, 5.74) is -6.38. The number of likely N-dealkylation sites (tertiary alicyclic amines) is 2. The quantitative estimate of drug-likeness (QED) is 0.192. The van der Waals surface area contributed by atoms with Crippen molar-refractivity contribution in [2.24, 2.45) is 22.7 Å². The molecule has 2 saturated heterocycles. The molecule has 5 atom stereocenters. The van der Waals surface area contributed by atoms with Crippen LogP contribution in [0.4, 0.5) is 13.2 Å². The number of benzene rings is 2. The van der Waals surface area contributed by atoms with Crippen LogP contribution in [0.25, 0.3) is 22.2 Å². The van der Waals surface area contributed by atoms with Crippen molar-refractivity contribution in [2.75, 3.05) is 26.7 Å². The Bertz CT molecular complexity index is 2190. The maximum atomic E-state index is 14.8. The van der Waals surface area contributed by atoms with Gasteiger partial charge in [-0.15, -0.1) is 6.58 Å². The van der Waals surface area contributed by atoms with Crippen molar-refractivity contribution in [1.82, 2.24) is 19.5 Å². The number of pyridine rings is 1. The lowest BCUT2D eigenvalue weighted by atomic mass is 9.77. The smallest absolute Gasteiger partial charge is 0.497 e. The van der Waals surface area contributed by atoms with Gasteiger partial charge in [0.15, 0.2) is 5.78 Å². The summed E-state index contributed by atoms with van der Waals surface area (Å²) >= 11 is 0. The van der Waals surface area contributed by atoms with E-state index in [9.17, 15) is 40.8 Å². The number of hydrogen-bond acceptors (Lipinski definition) is 9. The number of sulfonamides is 1. The number of rotatable bonds is 13. The van der Waals surface area contributed by atoms with E-state index < -0.39 is 74.4 Å². The summed E-state index contributed by atoms with van der Waals surface area (Å²) < 4.78 is 77.1. The summed E-state index contributed by atoms with van der Waals surface area (Å²) in [6.45, 7) is 10.2. The third-order valence-corrected chi connectivity index (χ3v) is 12.6. The lowest BCUT2D eigenvalue weighted by molar-refractivity contribution is -0.148. The van der Waals surface area contributed by atoms with Crippen LogP contribution in [0.1, 0.15) is 65.7 Å². The van der Waals surface area contributed by atoms with E-state index in [4.69, 9.17) is 14.5 Å². The molecule has 16 heteroatoms. The van der Waals surface area contributed by atoms with Crippen LogP contribution in [-0.2, 0) is 29.2 Å². The van der Waals surface area contributed by atoms with Gasteiger partial charge in [0.25, 0.3) is 0 Å². The van der Waals surface area contributed by atoms with Gasteiger partial charge >= 0.3 is 15.5 Å². The lowest BCUT2D eigenvalue weighted by Gasteiger charge is -2.36. The molecule has 0 radical (unpaired) electrons. The topological polar surface area (TPSA) is 152 Å². The summed E-state index contributed by atoms with van der Waals surface area (Å²) in [5.74, 6) is -3.48. The molecule has 0 unspecified atom stereocenters. The Morgan fingerprint density at radius 2 is 1.72 bits per heavy atom. The Hall–Kier alpha value is -4.99. The van der Waals surface area contributed by atoms with E-state index >= 15 is 0 Å². The number of halogens is 3. The second-order valence-corrected chi connectivity index (χ2v) is 18.2. The van der Waals surface area contributed by atoms with Gasteiger partial charge in [-0.1, -0.05) is 57.2 Å². The number of ketones is 1. The lowest BCUT2D eigenvalue weighted by Crippen LogP contribution is -2.50. The summed E-state index contributed by atoms with van der Waals surface area (Å²) in [6.07, 6.45) is 2.28. The van der Waals surface area contributed by atoms with Gasteiger partial charge in [0.1, 0.15) is 17.6 Å². The highest BCUT2D eigenvalue weighted by atomic mass is 32.2. The minimum Gasteiger partial charge on any atom is -0.497 e. The molecular weight excluding hydrogens is 778 g/mol. The fraction of sp³-hybridized carbons (Fsp3) is 0.500. The molecular formula is C42H49F3N4O8S. The fourth-order valence-corrected chi connectivity index (χ4v) is 8.64. The van der Waals surface area contributed by atoms with Gasteiger partial charge in [-0.2, -0.15) is 21.6 Å². The molecule has 58 heavy (non-hydrogen) atoms. The zero-order valence-corrected chi connectivity index (χ0v) is 33.8. The van der Waals surface area contributed by atoms with Gasteiger partial charge < -0.3 is 19.3 Å². The first-order chi connectivity index (χ1) is 27.3. The van der Waals surface area contributed by atoms with Crippen LogP contribution in [0.3, 0.4) is 0 Å². The number of carbonyl (C=O) groups is 4. The molecule has 1 aliphatic carbocycles. The number of allylic oxidation sites excluding steroid dienone is 1. The number of aromatic nitrogens is 1. The third-order valence-electron chi connectivity index (χ3n) is 11.6. The highest BCUT2D eigenvalue weighted by Gasteiger charge is 2.62. The van der Waals surface area contributed by atoms with Crippen LogP contribution in [0.5, 0.6) is 11.5 Å². The second kappa shape index (κ2) is 16.3. The maximum Gasteiger partial charge on any atom is 0.516 e. The highest BCUT2D eigenvalue weighted by Crippen LogP contribution is 2.57. The average Bonchev–Trinajstić information content (AvgIpc) is 3.74. The molecule has 3 aliphatic rings. The van der Waals surface area contributed by atoms with Crippen LogP contribution in [0.2, 0.25) is 0 Å². The predicted octanol–water partition coefficient (Wildman–Crippen LogP) is 6.44. The first-order valence-electron chi connectivity index (χ1n) is 19.4. The van der Waals surface area contributed by atoms with Gasteiger partial charge in [-0.3, -0.25) is 19.2 Å². The molecule has 0 bridgehead atoms. The van der Waals surface area contributed by atoms with Crippen molar-refractivity contribution >= 4 is 44.4 Å². The number of amides is 3. The van der Waals surface area contributed by atoms with E-state index in [-0.39, 0.29) is 31.7 Å². The number of fused-ring (bicyclic) bond motifs is 1. The monoisotopic (exact) mass is 826 g/mol. The highest BCUT2D eigenvalue weighted by molar-refractivity contribution is 7.90. The first-order valence-corrected chi connectivity index (χ1v) is 20.8. The van der Waals surface area contributed by atoms with Crippen molar-refractivity contribution in [2.45, 2.75) is 83.4 Å². The molecule has 0 spiro atoms. The van der Waals surface area contributed by atoms with Crippen molar-refractivity contribution in [3.05, 3.63) is 67.3 Å². The van der Waals surface area contributed by atoms with Gasteiger partial charge in [0.2, 0.25) is 17.7 Å². The van der Waals surface area contributed by atoms with Crippen LogP contribution < -0.4 is 14.2 Å². The van der Waals surface area contributed by atoms with Crippen molar-refractivity contribution in [3.8, 4) is 22.8 Å². The number of carbonyl (C=O) groups excluding carboxylic acids is 4. The zero-order chi connectivity index (χ0) is 42.2. The van der Waals surface area contributed by atoms with Crippen molar-refractivity contribution in [3.63, 3.8) is 0 Å². The normalized spacial score (nSPS) is 22.9. The molecule has 3 amide bonds. The van der Waals surface area contributed by atoms with E-state index in [0.29, 0.717) is 41.2 Å². The Morgan fingerprint density at radius 3 is 2.33 bits per heavy atom. The number of alkyl halides is 3. The van der Waals surface area contributed by atoms with Crippen LogP contribution in [0, 0.1) is 22.7 Å². The zero-order valence-electron chi connectivity index (χ0n) is 33.0. The minimum absolute atomic E-state index is 0.0561. The van der Waals surface area contributed by atoms with Crippen LogP contribution in [0.15, 0.2) is 67.3 Å². The van der Waals surface area contributed by atoms with E-state index in [1.54, 1.807) is 29.2 Å². The Kier molecular flexibility index (Phi) is 12.0. The fourth-order valence-electron chi connectivity index (χ4n) is 8.08. The number of nitrogens with one attached hydrogen (secondary N) is 1. The number of methoxy groups -OCH3 is 1. The summed E-state index contributed by atoms with van der Waals surface area (Å²) in [7, 11) is -4.53. The number of hydrogen-bond donors (Lipinski definition) is 1.